The van der Waals surface area contributed by atoms with E-state index in [2.05, 4.69) is 5.32 Å². The molecule has 0 bridgehead atoms. The maximum absolute atomic E-state index is 11.9. The molecule has 1 amide bonds. The SMILES string of the molecule is CC(C)CC(CNC(=O)C1CCSCC1)C(=O)O. The quantitative estimate of drug-likeness (QED) is 0.776. The standard InChI is InChI=1S/C13H23NO3S/c1-9(2)7-11(13(16)17)8-14-12(15)10-3-5-18-6-4-10/h9-11H,3-8H2,1-2H3,(H,14,15)(H,16,17). The topological polar surface area (TPSA) is 66.4 Å². The van der Waals surface area contributed by atoms with Crippen LogP contribution in [0.3, 0.4) is 0 Å². The van der Waals surface area contributed by atoms with Crippen LogP contribution in [0.1, 0.15) is 33.1 Å². The number of rotatable bonds is 6. The molecule has 4 nitrogen and oxygen atoms in total. The minimum absolute atomic E-state index is 0.0327. The normalized spacial score (nSPS) is 18.6. The van der Waals surface area contributed by atoms with Gasteiger partial charge in [0.25, 0.3) is 0 Å². The van der Waals surface area contributed by atoms with E-state index >= 15 is 0 Å². The van der Waals surface area contributed by atoms with Crippen molar-refractivity contribution >= 4 is 23.6 Å². The van der Waals surface area contributed by atoms with Crippen molar-refractivity contribution < 1.29 is 14.7 Å². The molecule has 0 aromatic rings. The molecule has 0 spiro atoms. The molecule has 5 heteroatoms. The molecule has 1 saturated heterocycles. The third-order valence-electron chi connectivity index (χ3n) is 3.22. The average Bonchev–Trinajstić information content (AvgIpc) is 2.34. The van der Waals surface area contributed by atoms with Crippen LogP contribution in [-0.4, -0.2) is 35.0 Å². The van der Waals surface area contributed by atoms with E-state index in [1.165, 1.54) is 0 Å². The Morgan fingerprint density at radius 2 is 1.94 bits per heavy atom. The van der Waals surface area contributed by atoms with Gasteiger partial charge in [-0.2, -0.15) is 11.8 Å². The fourth-order valence-electron chi connectivity index (χ4n) is 2.17. The molecule has 1 unspecified atom stereocenters. The lowest BCUT2D eigenvalue weighted by Gasteiger charge is -2.22. The number of thioether (sulfide) groups is 1. The zero-order chi connectivity index (χ0) is 13.5. The molecular weight excluding hydrogens is 250 g/mol. The van der Waals surface area contributed by atoms with E-state index in [1.807, 2.05) is 25.6 Å². The lowest BCUT2D eigenvalue weighted by Crippen LogP contribution is -2.38. The summed E-state index contributed by atoms with van der Waals surface area (Å²) in [7, 11) is 0. The molecule has 1 aliphatic heterocycles. The van der Waals surface area contributed by atoms with Crippen molar-refractivity contribution in [3.8, 4) is 0 Å². The first-order valence-electron chi connectivity index (χ1n) is 6.59. The lowest BCUT2D eigenvalue weighted by atomic mass is 9.96. The van der Waals surface area contributed by atoms with Crippen LogP contribution in [0.5, 0.6) is 0 Å². The van der Waals surface area contributed by atoms with Crippen molar-refractivity contribution in [3.05, 3.63) is 0 Å². The van der Waals surface area contributed by atoms with Gasteiger partial charge in [-0.15, -0.1) is 0 Å². The number of carbonyl (C=O) groups excluding carboxylic acids is 1. The first-order chi connectivity index (χ1) is 8.50. The van der Waals surface area contributed by atoms with E-state index in [0.29, 0.717) is 12.3 Å². The number of amides is 1. The number of aliphatic carboxylic acids is 1. The van der Waals surface area contributed by atoms with Crippen molar-refractivity contribution in [1.29, 1.82) is 0 Å². The minimum atomic E-state index is -0.816. The van der Waals surface area contributed by atoms with Crippen molar-refractivity contribution in [3.63, 3.8) is 0 Å². The van der Waals surface area contributed by atoms with Gasteiger partial charge in [0, 0.05) is 12.5 Å². The van der Waals surface area contributed by atoms with Crippen molar-refractivity contribution in [1.82, 2.24) is 5.32 Å². The predicted molar refractivity (Wildman–Crippen MR) is 73.6 cm³/mol. The third kappa shape index (κ3) is 5.29. The summed E-state index contributed by atoms with van der Waals surface area (Å²) in [5.74, 6) is 1.23. The number of carbonyl (C=O) groups is 2. The zero-order valence-corrected chi connectivity index (χ0v) is 12.0. The fraction of sp³-hybridized carbons (Fsp3) is 0.846. The second-order valence-electron chi connectivity index (χ2n) is 5.30. The van der Waals surface area contributed by atoms with Crippen molar-refractivity contribution in [2.75, 3.05) is 18.1 Å². The van der Waals surface area contributed by atoms with Crippen LogP contribution in [0, 0.1) is 17.8 Å². The van der Waals surface area contributed by atoms with Crippen LogP contribution >= 0.6 is 11.8 Å². The lowest BCUT2D eigenvalue weighted by molar-refractivity contribution is -0.142. The molecule has 0 aromatic heterocycles. The van der Waals surface area contributed by atoms with Gasteiger partial charge in [0.15, 0.2) is 0 Å². The molecule has 0 aromatic carbocycles. The van der Waals surface area contributed by atoms with Gasteiger partial charge in [-0.05, 0) is 36.7 Å². The second-order valence-corrected chi connectivity index (χ2v) is 6.52. The maximum atomic E-state index is 11.9. The zero-order valence-electron chi connectivity index (χ0n) is 11.1. The molecule has 0 radical (unpaired) electrons. The van der Waals surface area contributed by atoms with Crippen LogP contribution < -0.4 is 5.32 Å². The Kier molecular flexibility index (Phi) is 6.54. The van der Waals surface area contributed by atoms with Gasteiger partial charge >= 0.3 is 5.97 Å². The van der Waals surface area contributed by atoms with E-state index in [1.54, 1.807) is 0 Å². The largest absolute Gasteiger partial charge is 0.481 e. The highest BCUT2D eigenvalue weighted by atomic mass is 32.2. The molecule has 18 heavy (non-hydrogen) atoms. The summed E-state index contributed by atoms with van der Waals surface area (Å²) in [6, 6.07) is 0. The average molecular weight is 273 g/mol. The van der Waals surface area contributed by atoms with Crippen LogP contribution in [0.15, 0.2) is 0 Å². The summed E-state index contributed by atoms with van der Waals surface area (Å²) < 4.78 is 0. The Hall–Kier alpha value is -0.710. The number of carboxylic acid groups (broad SMARTS) is 1. The van der Waals surface area contributed by atoms with Gasteiger partial charge in [-0.3, -0.25) is 9.59 Å². The van der Waals surface area contributed by atoms with Crippen molar-refractivity contribution in [2.45, 2.75) is 33.1 Å². The van der Waals surface area contributed by atoms with Gasteiger partial charge in [0.1, 0.15) is 0 Å². The van der Waals surface area contributed by atoms with Crippen LogP contribution in [0.4, 0.5) is 0 Å². The highest BCUT2D eigenvalue weighted by Crippen LogP contribution is 2.22. The van der Waals surface area contributed by atoms with Crippen LogP contribution in [0.2, 0.25) is 0 Å². The first-order valence-corrected chi connectivity index (χ1v) is 7.74. The summed E-state index contributed by atoms with van der Waals surface area (Å²) in [6.07, 6.45) is 2.44. The highest BCUT2D eigenvalue weighted by molar-refractivity contribution is 7.99. The van der Waals surface area contributed by atoms with Gasteiger partial charge in [-0.1, -0.05) is 13.8 Å². The van der Waals surface area contributed by atoms with Gasteiger partial charge in [-0.25, -0.2) is 0 Å². The molecule has 1 fully saturated rings. The van der Waals surface area contributed by atoms with E-state index in [-0.39, 0.29) is 18.4 Å². The Balaban J connectivity index is 2.36. The monoisotopic (exact) mass is 273 g/mol. The molecule has 1 rings (SSSR count). The first kappa shape index (κ1) is 15.3. The Morgan fingerprint density at radius 3 is 2.44 bits per heavy atom. The molecule has 1 atom stereocenters. The molecule has 104 valence electrons. The second kappa shape index (κ2) is 7.67. The summed E-state index contributed by atoms with van der Waals surface area (Å²) in [5.41, 5.74) is 0. The molecule has 0 aliphatic carbocycles. The number of hydrogen-bond acceptors (Lipinski definition) is 3. The fourth-order valence-corrected chi connectivity index (χ4v) is 3.27. The minimum Gasteiger partial charge on any atom is -0.481 e. The Labute approximate surface area is 113 Å². The smallest absolute Gasteiger partial charge is 0.308 e. The predicted octanol–water partition coefficient (Wildman–Crippen LogP) is 1.99. The maximum Gasteiger partial charge on any atom is 0.308 e. The van der Waals surface area contributed by atoms with E-state index in [0.717, 1.165) is 24.3 Å². The molecule has 0 saturated carbocycles. The molecule has 1 aliphatic rings. The van der Waals surface area contributed by atoms with E-state index in [9.17, 15) is 9.59 Å². The molecule has 2 N–H and O–H groups in total. The third-order valence-corrected chi connectivity index (χ3v) is 4.27. The number of hydrogen-bond donors (Lipinski definition) is 2. The summed E-state index contributed by atoms with van der Waals surface area (Å²) in [5, 5.41) is 11.9. The number of carboxylic acids is 1. The van der Waals surface area contributed by atoms with E-state index < -0.39 is 11.9 Å². The Morgan fingerprint density at radius 1 is 1.33 bits per heavy atom. The Bertz CT molecular complexity index is 288. The highest BCUT2D eigenvalue weighted by Gasteiger charge is 2.24. The van der Waals surface area contributed by atoms with Gasteiger partial charge in [0.05, 0.1) is 5.92 Å². The van der Waals surface area contributed by atoms with E-state index in [4.69, 9.17) is 5.11 Å². The summed E-state index contributed by atoms with van der Waals surface area (Å²) in [4.78, 5) is 23.0. The van der Waals surface area contributed by atoms with Gasteiger partial charge < -0.3 is 10.4 Å². The van der Waals surface area contributed by atoms with Crippen molar-refractivity contribution in [2.24, 2.45) is 17.8 Å². The van der Waals surface area contributed by atoms with Crippen LogP contribution in [-0.2, 0) is 9.59 Å². The molecule has 1 heterocycles. The van der Waals surface area contributed by atoms with Crippen LogP contribution in [0.25, 0.3) is 0 Å². The van der Waals surface area contributed by atoms with Gasteiger partial charge in [0.2, 0.25) is 5.91 Å². The summed E-state index contributed by atoms with van der Waals surface area (Å²) in [6.45, 7) is 4.25. The number of nitrogens with one attached hydrogen (secondary N) is 1. The summed E-state index contributed by atoms with van der Waals surface area (Å²) >= 11 is 1.88. The molecular formula is C13H23NO3S.